The van der Waals surface area contributed by atoms with E-state index in [1.54, 1.807) is 6.07 Å². The molecular formula is C17H15N3O4. The number of rotatable bonds is 3. The smallest absolute Gasteiger partial charge is 0.270 e. The third kappa shape index (κ3) is 2.16. The summed E-state index contributed by atoms with van der Waals surface area (Å²) >= 11 is 0. The molecule has 2 fully saturated rings. The van der Waals surface area contributed by atoms with Crippen molar-refractivity contribution in [2.75, 3.05) is 0 Å². The number of benzene rings is 1. The maximum atomic E-state index is 12.6. The van der Waals surface area contributed by atoms with Crippen LogP contribution < -0.4 is 0 Å². The molecule has 1 aliphatic heterocycles. The van der Waals surface area contributed by atoms with E-state index in [1.807, 2.05) is 12.2 Å². The Morgan fingerprint density at radius 2 is 1.75 bits per heavy atom. The fourth-order valence-electron chi connectivity index (χ4n) is 4.02. The van der Waals surface area contributed by atoms with Gasteiger partial charge in [-0.3, -0.25) is 19.7 Å². The molecule has 1 heterocycles. The Hall–Kier alpha value is -2.83. The summed E-state index contributed by atoms with van der Waals surface area (Å²) < 4.78 is 0. The number of hydrazone groups is 1. The Balaban J connectivity index is 1.59. The third-order valence-corrected chi connectivity index (χ3v) is 5.14. The predicted molar refractivity (Wildman–Crippen MR) is 84.9 cm³/mol. The zero-order valence-electron chi connectivity index (χ0n) is 12.7. The Labute approximate surface area is 137 Å². The number of amides is 2. The van der Waals surface area contributed by atoms with Crippen molar-refractivity contribution >= 4 is 23.7 Å². The number of nitro groups is 1. The maximum absolute atomic E-state index is 12.6. The molecule has 24 heavy (non-hydrogen) atoms. The van der Waals surface area contributed by atoms with Crippen LogP contribution in [0.15, 0.2) is 41.5 Å². The standard InChI is InChI=1S/C17H15N3O4/c21-16-14-11-4-5-12(7-6-11)15(14)17(22)19(16)18-9-10-2-1-3-13(8-10)20(23)24/h1-5,8-9,11-12,14-15H,6-7H2/b18-9-/t11-,12-,14-,15-/m0/s1. The van der Waals surface area contributed by atoms with Crippen LogP contribution in [0.3, 0.4) is 0 Å². The lowest BCUT2D eigenvalue weighted by atomic mass is 9.63. The second kappa shape index (κ2) is 5.36. The number of hydrogen-bond donors (Lipinski definition) is 0. The lowest BCUT2D eigenvalue weighted by molar-refractivity contribution is -0.384. The van der Waals surface area contributed by atoms with Crippen molar-refractivity contribution in [1.82, 2.24) is 5.01 Å². The summed E-state index contributed by atoms with van der Waals surface area (Å²) in [6, 6.07) is 5.91. The molecule has 1 aromatic rings. The zero-order valence-corrected chi connectivity index (χ0v) is 12.7. The van der Waals surface area contributed by atoms with E-state index in [2.05, 4.69) is 5.10 Å². The molecule has 1 aromatic carbocycles. The van der Waals surface area contributed by atoms with Gasteiger partial charge in [-0.1, -0.05) is 24.3 Å². The number of non-ortho nitro benzene ring substituents is 1. The zero-order chi connectivity index (χ0) is 16.8. The number of nitro benzene ring substituents is 1. The second-order valence-corrected chi connectivity index (χ2v) is 6.43. The first-order valence-corrected chi connectivity index (χ1v) is 7.91. The normalized spacial score (nSPS) is 31.1. The molecule has 1 saturated carbocycles. The van der Waals surface area contributed by atoms with Gasteiger partial charge in [0, 0.05) is 17.7 Å². The van der Waals surface area contributed by atoms with Crippen molar-refractivity contribution in [1.29, 1.82) is 0 Å². The Kier molecular flexibility index (Phi) is 3.30. The number of carbonyl (C=O) groups is 2. The van der Waals surface area contributed by atoms with Crippen molar-refractivity contribution in [2.24, 2.45) is 28.8 Å². The van der Waals surface area contributed by atoms with E-state index in [-0.39, 0.29) is 41.2 Å². The molecule has 2 bridgehead atoms. The van der Waals surface area contributed by atoms with Gasteiger partial charge in [-0.05, 0) is 24.7 Å². The summed E-state index contributed by atoms with van der Waals surface area (Å²) in [4.78, 5) is 35.5. The van der Waals surface area contributed by atoms with Crippen molar-refractivity contribution in [2.45, 2.75) is 12.8 Å². The van der Waals surface area contributed by atoms with E-state index in [0.717, 1.165) is 17.9 Å². The van der Waals surface area contributed by atoms with Crippen molar-refractivity contribution in [3.05, 3.63) is 52.1 Å². The summed E-state index contributed by atoms with van der Waals surface area (Å²) in [5, 5.41) is 15.8. The molecular weight excluding hydrogens is 310 g/mol. The quantitative estimate of drug-likeness (QED) is 0.280. The van der Waals surface area contributed by atoms with Crippen LogP contribution in [0.1, 0.15) is 18.4 Å². The van der Waals surface area contributed by atoms with Gasteiger partial charge in [-0.15, -0.1) is 0 Å². The minimum Gasteiger partial charge on any atom is -0.272 e. The highest BCUT2D eigenvalue weighted by atomic mass is 16.6. The number of imide groups is 1. The van der Waals surface area contributed by atoms with Crippen molar-refractivity contribution < 1.29 is 14.5 Å². The monoisotopic (exact) mass is 325 g/mol. The van der Waals surface area contributed by atoms with Gasteiger partial charge in [0.1, 0.15) is 0 Å². The van der Waals surface area contributed by atoms with Gasteiger partial charge in [0.15, 0.2) is 0 Å². The van der Waals surface area contributed by atoms with Crippen LogP contribution >= 0.6 is 0 Å². The van der Waals surface area contributed by atoms with Crippen molar-refractivity contribution in [3.63, 3.8) is 0 Å². The Bertz CT molecular complexity index is 769. The van der Waals surface area contributed by atoms with E-state index in [0.29, 0.717) is 5.56 Å². The predicted octanol–water partition coefficient (Wildman–Crippen LogP) is 2.13. The molecule has 0 spiro atoms. The van der Waals surface area contributed by atoms with E-state index in [4.69, 9.17) is 0 Å². The van der Waals surface area contributed by atoms with Gasteiger partial charge in [0.05, 0.1) is 23.0 Å². The molecule has 5 rings (SSSR count). The van der Waals surface area contributed by atoms with Crippen LogP contribution in [0.4, 0.5) is 5.69 Å². The van der Waals surface area contributed by atoms with E-state index >= 15 is 0 Å². The molecule has 1 saturated heterocycles. The van der Waals surface area contributed by atoms with Gasteiger partial charge >= 0.3 is 0 Å². The molecule has 0 aromatic heterocycles. The highest BCUT2D eigenvalue weighted by molar-refractivity contribution is 6.06. The van der Waals surface area contributed by atoms with E-state index in [1.165, 1.54) is 24.4 Å². The molecule has 4 aliphatic rings. The molecule has 0 N–H and O–H groups in total. The average Bonchev–Trinajstić information content (AvgIpc) is 2.87. The second-order valence-electron chi connectivity index (χ2n) is 6.43. The van der Waals surface area contributed by atoms with Crippen LogP contribution in [0.2, 0.25) is 0 Å². The molecule has 122 valence electrons. The summed E-state index contributed by atoms with van der Waals surface area (Å²) in [5.74, 6) is -0.882. The summed E-state index contributed by atoms with van der Waals surface area (Å²) in [6.45, 7) is 0. The molecule has 7 nitrogen and oxygen atoms in total. The van der Waals surface area contributed by atoms with Crippen LogP contribution in [-0.4, -0.2) is 28.0 Å². The summed E-state index contributed by atoms with van der Waals surface area (Å²) in [7, 11) is 0. The fourth-order valence-corrected chi connectivity index (χ4v) is 4.02. The fraction of sp³-hybridized carbons (Fsp3) is 0.353. The van der Waals surface area contributed by atoms with Gasteiger partial charge in [0.2, 0.25) is 0 Å². The molecule has 3 aliphatic carbocycles. The van der Waals surface area contributed by atoms with Gasteiger partial charge in [-0.2, -0.15) is 10.1 Å². The van der Waals surface area contributed by atoms with Gasteiger partial charge in [-0.25, -0.2) is 0 Å². The van der Waals surface area contributed by atoms with Crippen molar-refractivity contribution in [3.8, 4) is 0 Å². The lowest BCUT2D eigenvalue weighted by Crippen LogP contribution is -2.38. The van der Waals surface area contributed by atoms with E-state index < -0.39 is 4.92 Å². The van der Waals surface area contributed by atoms with E-state index in [9.17, 15) is 19.7 Å². The highest BCUT2D eigenvalue weighted by Crippen LogP contribution is 2.49. The third-order valence-electron chi connectivity index (χ3n) is 5.14. The molecule has 7 heteroatoms. The summed E-state index contributed by atoms with van der Waals surface area (Å²) in [6.07, 6.45) is 7.30. The SMILES string of the molecule is O=C1[C@@H]2[C@@H](C(=O)N1/N=C\c1cccc([N+](=O)[O-])c1)[C@H]1C=C[C@H]2CC1. The highest BCUT2D eigenvalue weighted by Gasteiger charge is 2.56. The Morgan fingerprint density at radius 3 is 2.29 bits per heavy atom. The van der Waals surface area contributed by atoms with Gasteiger partial charge in [0.25, 0.3) is 17.5 Å². The Morgan fingerprint density at radius 1 is 1.12 bits per heavy atom. The molecule has 0 radical (unpaired) electrons. The summed E-state index contributed by atoms with van der Waals surface area (Å²) in [5.41, 5.74) is 0.412. The first-order chi connectivity index (χ1) is 11.6. The minimum atomic E-state index is -0.499. The van der Waals surface area contributed by atoms with Crippen LogP contribution in [-0.2, 0) is 9.59 Å². The number of allylic oxidation sites excluding steroid dienone is 2. The largest absolute Gasteiger partial charge is 0.272 e. The van der Waals surface area contributed by atoms with Crippen LogP contribution in [0.5, 0.6) is 0 Å². The molecule has 4 atom stereocenters. The number of carbonyl (C=O) groups excluding carboxylic acids is 2. The number of nitrogens with zero attached hydrogens (tertiary/aromatic N) is 3. The first kappa shape index (κ1) is 14.7. The van der Waals surface area contributed by atoms with Crippen LogP contribution in [0.25, 0.3) is 0 Å². The van der Waals surface area contributed by atoms with Gasteiger partial charge < -0.3 is 0 Å². The number of hydrogen-bond acceptors (Lipinski definition) is 5. The maximum Gasteiger partial charge on any atom is 0.270 e. The molecule has 2 amide bonds. The lowest BCUT2D eigenvalue weighted by Gasteiger charge is -2.37. The van der Waals surface area contributed by atoms with Crippen LogP contribution in [0, 0.1) is 33.8 Å². The minimum absolute atomic E-state index is 0.0612. The molecule has 0 unspecified atom stereocenters. The topological polar surface area (TPSA) is 92.9 Å². The average molecular weight is 325 g/mol. The first-order valence-electron chi connectivity index (χ1n) is 7.91. The number of fused-ring (bicyclic) bond motifs is 1.